The molecule has 0 radical (unpaired) electrons. The van der Waals surface area contributed by atoms with E-state index in [9.17, 15) is 4.79 Å². The largest absolute Gasteiger partial charge is 0.497 e. The van der Waals surface area contributed by atoms with E-state index >= 15 is 0 Å². The second-order valence-corrected chi connectivity index (χ2v) is 7.68. The lowest BCUT2D eigenvalue weighted by Gasteiger charge is -2.14. The van der Waals surface area contributed by atoms with Crippen LogP contribution in [-0.4, -0.2) is 38.7 Å². The van der Waals surface area contributed by atoms with Crippen LogP contribution in [-0.2, 0) is 22.6 Å². The number of hydrogen-bond donors (Lipinski definition) is 3. The first-order valence-electron chi connectivity index (χ1n) is 11.1. The molecule has 0 spiro atoms. The van der Waals surface area contributed by atoms with Crippen molar-refractivity contribution in [2.24, 2.45) is 10.9 Å². The third kappa shape index (κ3) is 11.4. The van der Waals surface area contributed by atoms with E-state index in [2.05, 4.69) is 16.0 Å². The number of amides is 1. The van der Waals surface area contributed by atoms with Crippen LogP contribution < -0.4 is 20.7 Å². The Bertz CT molecular complexity index is 840. The zero-order valence-electron chi connectivity index (χ0n) is 20.0. The number of rotatable bonds is 12. The van der Waals surface area contributed by atoms with Crippen molar-refractivity contribution in [1.29, 1.82) is 0 Å². The van der Waals surface area contributed by atoms with Gasteiger partial charge in [0.1, 0.15) is 5.75 Å². The molecule has 0 bridgehead atoms. The number of halogens is 1. The Hall–Kier alpha value is -2.33. The number of ether oxygens (including phenoxy) is 2. The fraction of sp³-hybridized carbons (Fsp3) is 0.440. The van der Waals surface area contributed by atoms with Gasteiger partial charge in [0.15, 0.2) is 5.96 Å². The first-order valence-corrected chi connectivity index (χ1v) is 11.1. The minimum absolute atomic E-state index is 0. The number of nitrogens with one attached hydrogen (secondary N) is 3. The van der Waals surface area contributed by atoms with Gasteiger partial charge in [0.25, 0.3) is 0 Å². The molecule has 0 aromatic heterocycles. The smallest absolute Gasteiger partial charge is 0.226 e. The van der Waals surface area contributed by atoms with Crippen LogP contribution in [0.5, 0.6) is 5.75 Å². The highest BCUT2D eigenvalue weighted by atomic mass is 127. The number of carbonyl (C=O) groups excluding carboxylic acids is 1. The SMILES string of the molecule is CCOCCCNC(=NCc1ccc(OC)cc1)NCc1ccc(NC(=O)C(C)C)cc1.I. The van der Waals surface area contributed by atoms with E-state index in [0.717, 1.165) is 54.7 Å². The molecule has 0 aliphatic rings. The topological polar surface area (TPSA) is 84.0 Å². The Morgan fingerprint density at radius 2 is 1.67 bits per heavy atom. The van der Waals surface area contributed by atoms with Crippen LogP contribution in [0.3, 0.4) is 0 Å². The van der Waals surface area contributed by atoms with E-state index in [-0.39, 0.29) is 35.8 Å². The highest BCUT2D eigenvalue weighted by Gasteiger charge is 2.07. The zero-order valence-corrected chi connectivity index (χ0v) is 22.3. The normalized spacial score (nSPS) is 11.0. The van der Waals surface area contributed by atoms with Gasteiger partial charge in [-0.25, -0.2) is 4.99 Å². The molecule has 3 N–H and O–H groups in total. The number of aliphatic imine (C=N–C) groups is 1. The molecule has 1 amide bonds. The van der Waals surface area contributed by atoms with Gasteiger partial charge in [0.05, 0.1) is 13.7 Å². The summed E-state index contributed by atoms with van der Waals surface area (Å²) in [5, 5.41) is 9.66. The van der Waals surface area contributed by atoms with Crippen LogP contribution >= 0.6 is 24.0 Å². The van der Waals surface area contributed by atoms with Crippen molar-refractivity contribution < 1.29 is 14.3 Å². The van der Waals surface area contributed by atoms with Crippen LogP contribution in [0.1, 0.15) is 38.3 Å². The summed E-state index contributed by atoms with van der Waals surface area (Å²) in [4.78, 5) is 16.6. The average molecular weight is 569 g/mol. The first-order chi connectivity index (χ1) is 15.5. The summed E-state index contributed by atoms with van der Waals surface area (Å²) in [6, 6.07) is 15.7. The molecule has 0 saturated heterocycles. The van der Waals surface area contributed by atoms with Crippen molar-refractivity contribution in [3.63, 3.8) is 0 Å². The van der Waals surface area contributed by atoms with E-state index in [1.165, 1.54) is 0 Å². The number of guanidine groups is 1. The summed E-state index contributed by atoms with van der Waals surface area (Å²) in [5.41, 5.74) is 3.00. The summed E-state index contributed by atoms with van der Waals surface area (Å²) >= 11 is 0. The van der Waals surface area contributed by atoms with Crippen molar-refractivity contribution in [3.8, 4) is 5.75 Å². The standard InChI is InChI=1S/C25H36N4O3.HI/c1-5-32-16-6-15-26-25(28-18-21-9-13-23(31-4)14-10-21)27-17-20-7-11-22(12-8-20)29-24(30)19(2)3;/h7-14,19H,5-6,15-18H2,1-4H3,(H,29,30)(H2,26,27,28);1H. The summed E-state index contributed by atoms with van der Waals surface area (Å²) < 4.78 is 10.6. The maximum absolute atomic E-state index is 11.8. The van der Waals surface area contributed by atoms with Gasteiger partial charge in [-0.05, 0) is 48.7 Å². The lowest BCUT2D eigenvalue weighted by molar-refractivity contribution is -0.118. The summed E-state index contributed by atoms with van der Waals surface area (Å²) in [7, 11) is 1.66. The lowest BCUT2D eigenvalue weighted by atomic mass is 10.1. The van der Waals surface area contributed by atoms with Gasteiger partial charge in [-0.1, -0.05) is 38.1 Å². The van der Waals surface area contributed by atoms with Gasteiger partial charge in [0.2, 0.25) is 5.91 Å². The number of anilines is 1. The van der Waals surface area contributed by atoms with Gasteiger partial charge >= 0.3 is 0 Å². The molecule has 7 nitrogen and oxygen atoms in total. The van der Waals surface area contributed by atoms with Crippen LogP contribution in [0.25, 0.3) is 0 Å². The van der Waals surface area contributed by atoms with E-state index in [4.69, 9.17) is 14.5 Å². The second kappa shape index (κ2) is 16.3. The number of methoxy groups -OCH3 is 1. The quantitative estimate of drug-likeness (QED) is 0.151. The van der Waals surface area contributed by atoms with Crippen molar-refractivity contribution in [2.45, 2.75) is 40.3 Å². The average Bonchev–Trinajstić information content (AvgIpc) is 2.81. The number of carbonyl (C=O) groups is 1. The highest BCUT2D eigenvalue weighted by Crippen LogP contribution is 2.12. The Morgan fingerprint density at radius 3 is 2.27 bits per heavy atom. The molecule has 2 rings (SSSR count). The van der Waals surface area contributed by atoms with Gasteiger partial charge in [-0.2, -0.15) is 0 Å². The molecule has 8 heteroatoms. The summed E-state index contributed by atoms with van der Waals surface area (Å²) in [6.07, 6.45) is 0.904. The van der Waals surface area contributed by atoms with E-state index in [0.29, 0.717) is 13.1 Å². The maximum atomic E-state index is 11.8. The molecule has 33 heavy (non-hydrogen) atoms. The Kier molecular flexibility index (Phi) is 14.2. The molecule has 0 heterocycles. The van der Waals surface area contributed by atoms with Gasteiger partial charge in [0, 0.05) is 37.9 Å². The van der Waals surface area contributed by atoms with Crippen LogP contribution in [0, 0.1) is 5.92 Å². The minimum atomic E-state index is -0.0467. The zero-order chi connectivity index (χ0) is 23.2. The summed E-state index contributed by atoms with van der Waals surface area (Å²) in [5.74, 6) is 1.54. The van der Waals surface area contributed by atoms with Crippen molar-refractivity contribution in [1.82, 2.24) is 10.6 Å². The lowest BCUT2D eigenvalue weighted by Crippen LogP contribution is -2.37. The second-order valence-electron chi connectivity index (χ2n) is 7.68. The van der Waals surface area contributed by atoms with Crippen molar-refractivity contribution in [2.75, 3.05) is 32.2 Å². The molecule has 0 aliphatic carbocycles. The third-order valence-electron chi connectivity index (χ3n) is 4.75. The molecule has 0 unspecified atom stereocenters. The van der Waals surface area contributed by atoms with Gasteiger partial charge < -0.3 is 25.4 Å². The fourth-order valence-corrected chi connectivity index (χ4v) is 2.78. The Balaban J connectivity index is 0.00000544. The van der Waals surface area contributed by atoms with Crippen LogP contribution in [0.15, 0.2) is 53.5 Å². The number of hydrogen-bond acceptors (Lipinski definition) is 4. The predicted octanol–water partition coefficient (Wildman–Crippen LogP) is 4.57. The number of benzene rings is 2. The van der Waals surface area contributed by atoms with E-state index in [1.807, 2.05) is 69.3 Å². The molecule has 0 saturated carbocycles. The molecule has 0 aliphatic heterocycles. The van der Waals surface area contributed by atoms with Gasteiger partial charge in [-0.3, -0.25) is 4.79 Å². The van der Waals surface area contributed by atoms with Crippen molar-refractivity contribution in [3.05, 3.63) is 59.7 Å². The molecular weight excluding hydrogens is 531 g/mol. The highest BCUT2D eigenvalue weighted by molar-refractivity contribution is 14.0. The molecule has 0 fully saturated rings. The summed E-state index contributed by atoms with van der Waals surface area (Å²) in [6.45, 7) is 9.15. The van der Waals surface area contributed by atoms with E-state index in [1.54, 1.807) is 7.11 Å². The Morgan fingerprint density at radius 1 is 1.00 bits per heavy atom. The Labute approximate surface area is 214 Å². The molecule has 182 valence electrons. The van der Waals surface area contributed by atoms with Crippen LogP contribution in [0.4, 0.5) is 5.69 Å². The predicted molar refractivity (Wildman–Crippen MR) is 145 cm³/mol. The number of nitrogens with zero attached hydrogens (tertiary/aromatic N) is 1. The fourth-order valence-electron chi connectivity index (χ4n) is 2.78. The maximum Gasteiger partial charge on any atom is 0.226 e. The molecule has 0 atom stereocenters. The third-order valence-corrected chi connectivity index (χ3v) is 4.75. The first kappa shape index (κ1) is 28.7. The molecule has 2 aromatic rings. The van der Waals surface area contributed by atoms with Gasteiger partial charge in [-0.15, -0.1) is 24.0 Å². The minimum Gasteiger partial charge on any atom is -0.497 e. The van der Waals surface area contributed by atoms with E-state index < -0.39 is 0 Å². The van der Waals surface area contributed by atoms with Crippen LogP contribution in [0.2, 0.25) is 0 Å². The van der Waals surface area contributed by atoms with Crippen molar-refractivity contribution >= 4 is 41.5 Å². The molecule has 2 aromatic carbocycles. The molecular formula is C25H37IN4O3. The monoisotopic (exact) mass is 568 g/mol.